The monoisotopic (exact) mass is 293 g/mol. The number of methoxy groups -OCH3 is 1. The molecule has 0 fully saturated rings. The molecule has 3 aromatic rings. The van der Waals surface area contributed by atoms with Crippen LogP contribution in [-0.2, 0) is 0 Å². The second kappa shape index (κ2) is 4.72. The number of halogens is 2. The maximum absolute atomic E-state index is 6.13. The first-order valence-corrected chi connectivity index (χ1v) is 6.28. The molecule has 0 spiro atoms. The fraction of sp³-hybridized carbons (Fsp3) is 0.0769. The summed E-state index contributed by atoms with van der Waals surface area (Å²) in [4.78, 5) is 8.01. The lowest BCUT2D eigenvalue weighted by molar-refractivity contribution is 0.415. The SMILES string of the molecule is COc1ccc2ccn(-c3nc(Cl)ncc3Cl)c2c1. The van der Waals surface area contributed by atoms with Crippen molar-refractivity contribution in [1.82, 2.24) is 14.5 Å². The highest BCUT2D eigenvalue weighted by Crippen LogP contribution is 2.27. The van der Waals surface area contributed by atoms with E-state index < -0.39 is 0 Å². The Balaban J connectivity index is 2.27. The number of ether oxygens (including phenoxy) is 1. The topological polar surface area (TPSA) is 39.9 Å². The van der Waals surface area contributed by atoms with Crippen LogP contribution in [0, 0.1) is 0 Å². The molecule has 0 saturated heterocycles. The maximum Gasteiger partial charge on any atom is 0.224 e. The number of hydrogen-bond acceptors (Lipinski definition) is 3. The average molecular weight is 294 g/mol. The van der Waals surface area contributed by atoms with Crippen LogP contribution in [0.3, 0.4) is 0 Å². The fourth-order valence-electron chi connectivity index (χ4n) is 1.93. The summed E-state index contributed by atoms with van der Waals surface area (Å²) in [6.45, 7) is 0. The van der Waals surface area contributed by atoms with Gasteiger partial charge in [0.2, 0.25) is 5.28 Å². The third kappa shape index (κ3) is 2.13. The van der Waals surface area contributed by atoms with Gasteiger partial charge in [0.25, 0.3) is 0 Å². The minimum atomic E-state index is 0.157. The largest absolute Gasteiger partial charge is 0.497 e. The Morgan fingerprint density at radius 3 is 2.84 bits per heavy atom. The summed E-state index contributed by atoms with van der Waals surface area (Å²) in [5, 5.41) is 1.65. The molecular formula is C13H9Cl2N3O. The number of hydrogen-bond donors (Lipinski definition) is 0. The van der Waals surface area contributed by atoms with Gasteiger partial charge in [-0.3, -0.25) is 4.57 Å². The number of nitrogens with zero attached hydrogens (tertiary/aromatic N) is 3. The summed E-state index contributed by atoms with van der Waals surface area (Å²) in [5.41, 5.74) is 0.941. The van der Waals surface area contributed by atoms with Crippen LogP contribution in [-0.4, -0.2) is 21.6 Å². The molecule has 0 N–H and O–H groups in total. The predicted octanol–water partition coefficient (Wildman–Crippen LogP) is 3.74. The fourth-order valence-corrected chi connectivity index (χ4v) is 2.24. The van der Waals surface area contributed by atoms with E-state index in [4.69, 9.17) is 27.9 Å². The van der Waals surface area contributed by atoms with E-state index in [9.17, 15) is 0 Å². The smallest absolute Gasteiger partial charge is 0.224 e. The van der Waals surface area contributed by atoms with Crippen molar-refractivity contribution in [2.75, 3.05) is 7.11 Å². The first-order chi connectivity index (χ1) is 9.19. The average Bonchev–Trinajstić information content (AvgIpc) is 2.84. The lowest BCUT2D eigenvalue weighted by atomic mass is 10.2. The summed E-state index contributed by atoms with van der Waals surface area (Å²) in [7, 11) is 1.63. The molecule has 3 rings (SSSR count). The first-order valence-electron chi connectivity index (χ1n) is 5.52. The number of fused-ring (bicyclic) bond motifs is 1. The van der Waals surface area contributed by atoms with Crippen LogP contribution in [0.1, 0.15) is 0 Å². The van der Waals surface area contributed by atoms with Crippen molar-refractivity contribution in [3.63, 3.8) is 0 Å². The Labute approximate surface area is 119 Å². The standard InChI is InChI=1S/C13H9Cl2N3O/c1-19-9-3-2-8-4-5-18(11(8)6-9)12-10(14)7-16-13(15)17-12/h2-7H,1H3. The molecular weight excluding hydrogens is 285 g/mol. The molecule has 0 aliphatic carbocycles. The van der Waals surface area contributed by atoms with Crippen LogP contribution in [0.2, 0.25) is 10.3 Å². The van der Waals surface area contributed by atoms with Gasteiger partial charge >= 0.3 is 0 Å². The van der Waals surface area contributed by atoms with Crippen molar-refractivity contribution in [2.45, 2.75) is 0 Å². The third-order valence-electron chi connectivity index (χ3n) is 2.82. The molecule has 4 nitrogen and oxygen atoms in total. The van der Waals surface area contributed by atoms with E-state index in [-0.39, 0.29) is 5.28 Å². The highest BCUT2D eigenvalue weighted by Gasteiger charge is 2.10. The molecule has 2 aromatic heterocycles. The molecule has 0 bridgehead atoms. The van der Waals surface area contributed by atoms with Gasteiger partial charge in [-0.25, -0.2) is 4.98 Å². The summed E-state index contributed by atoms with van der Waals surface area (Å²) in [6.07, 6.45) is 3.37. The number of rotatable bonds is 2. The van der Waals surface area contributed by atoms with Gasteiger partial charge in [-0.2, -0.15) is 4.98 Å². The van der Waals surface area contributed by atoms with E-state index >= 15 is 0 Å². The van der Waals surface area contributed by atoms with Crippen LogP contribution < -0.4 is 4.74 Å². The zero-order valence-corrected chi connectivity index (χ0v) is 11.5. The Hall–Kier alpha value is -1.78. The Morgan fingerprint density at radius 2 is 2.05 bits per heavy atom. The molecule has 0 aliphatic heterocycles. The number of benzene rings is 1. The molecule has 6 heteroatoms. The number of aromatic nitrogens is 3. The van der Waals surface area contributed by atoms with Gasteiger partial charge in [0, 0.05) is 17.6 Å². The van der Waals surface area contributed by atoms with Crippen molar-refractivity contribution in [2.24, 2.45) is 0 Å². The molecule has 2 heterocycles. The second-order valence-electron chi connectivity index (χ2n) is 3.92. The lowest BCUT2D eigenvalue weighted by Crippen LogP contribution is -1.98. The van der Waals surface area contributed by atoms with E-state index in [1.165, 1.54) is 6.20 Å². The first kappa shape index (κ1) is 12.3. The zero-order valence-electron chi connectivity index (χ0n) is 9.97. The molecule has 0 aliphatic rings. The predicted molar refractivity (Wildman–Crippen MR) is 75.4 cm³/mol. The van der Waals surface area contributed by atoms with E-state index in [2.05, 4.69) is 9.97 Å². The Bertz CT molecular complexity index is 755. The molecule has 0 saturated carbocycles. The molecule has 0 atom stereocenters. The Kier molecular flexibility index (Phi) is 3.05. The third-order valence-corrected chi connectivity index (χ3v) is 3.27. The molecule has 1 aromatic carbocycles. The van der Waals surface area contributed by atoms with Gasteiger partial charge in [-0.1, -0.05) is 11.6 Å². The molecule has 0 unspecified atom stereocenters. The van der Waals surface area contributed by atoms with Crippen molar-refractivity contribution in [1.29, 1.82) is 0 Å². The zero-order chi connectivity index (χ0) is 13.4. The van der Waals surface area contributed by atoms with Crippen LogP contribution in [0.5, 0.6) is 5.75 Å². The van der Waals surface area contributed by atoms with Gasteiger partial charge in [0.15, 0.2) is 5.82 Å². The normalized spacial score (nSPS) is 10.9. The van der Waals surface area contributed by atoms with Crippen LogP contribution >= 0.6 is 23.2 Å². The van der Waals surface area contributed by atoms with Gasteiger partial charge in [0.05, 0.1) is 18.8 Å². The summed E-state index contributed by atoms with van der Waals surface area (Å²) >= 11 is 12.0. The molecule has 0 radical (unpaired) electrons. The minimum Gasteiger partial charge on any atom is -0.497 e. The summed E-state index contributed by atoms with van der Waals surface area (Å²) in [6, 6.07) is 7.77. The van der Waals surface area contributed by atoms with Gasteiger partial charge in [-0.05, 0) is 29.8 Å². The molecule has 96 valence electrons. The van der Waals surface area contributed by atoms with Gasteiger partial charge < -0.3 is 4.74 Å². The van der Waals surface area contributed by atoms with Crippen LogP contribution in [0.15, 0.2) is 36.7 Å². The van der Waals surface area contributed by atoms with Crippen molar-refractivity contribution in [3.8, 4) is 11.6 Å². The van der Waals surface area contributed by atoms with Crippen LogP contribution in [0.4, 0.5) is 0 Å². The molecule has 19 heavy (non-hydrogen) atoms. The second-order valence-corrected chi connectivity index (χ2v) is 4.67. The quantitative estimate of drug-likeness (QED) is 0.676. The minimum absolute atomic E-state index is 0.157. The Morgan fingerprint density at radius 1 is 1.21 bits per heavy atom. The van der Waals surface area contributed by atoms with Crippen molar-refractivity contribution < 1.29 is 4.74 Å². The maximum atomic E-state index is 6.13. The van der Waals surface area contributed by atoms with E-state index in [1.807, 2.05) is 35.0 Å². The van der Waals surface area contributed by atoms with E-state index in [0.29, 0.717) is 10.8 Å². The van der Waals surface area contributed by atoms with Crippen molar-refractivity contribution in [3.05, 3.63) is 47.0 Å². The lowest BCUT2D eigenvalue weighted by Gasteiger charge is -2.07. The van der Waals surface area contributed by atoms with E-state index in [1.54, 1.807) is 7.11 Å². The highest BCUT2D eigenvalue weighted by atomic mass is 35.5. The summed E-state index contributed by atoms with van der Waals surface area (Å²) in [5.74, 6) is 1.31. The van der Waals surface area contributed by atoms with E-state index in [0.717, 1.165) is 16.7 Å². The summed E-state index contributed by atoms with van der Waals surface area (Å²) < 4.78 is 7.09. The van der Waals surface area contributed by atoms with Gasteiger partial charge in [-0.15, -0.1) is 0 Å². The highest BCUT2D eigenvalue weighted by molar-refractivity contribution is 6.33. The molecule has 0 amide bonds. The van der Waals surface area contributed by atoms with Gasteiger partial charge in [0.1, 0.15) is 10.8 Å². The van der Waals surface area contributed by atoms with Crippen molar-refractivity contribution >= 4 is 34.1 Å². The van der Waals surface area contributed by atoms with Crippen LogP contribution in [0.25, 0.3) is 16.7 Å².